The Kier molecular flexibility index (Phi) is 10.6. The molecule has 1 aliphatic carbocycles. The molecule has 0 unspecified atom stereocenters. The van der Waals surface area contributed by atoms with Crippen molar-refractivity contribution in [2.24, 2.45) is 5.92 Å². The maximum Gasteiger partial charge on any atom is 0.412 e. The van der Waals surface area contributed by atoms with Crippen molar-refractivity contribution in [1.82, 2.24) is 15.6 Å². The van der Waals surface area contributed by atoms with Crippen molar-refractivity contribution < 1.29 is 33.4 Å². The fraction of sp³-hybridized carbons (Fsp3) is 0.273. The van der Waals surface area contributed by atoms with Gasteiger partial charge in [-0.25, -0.2) is 14.6 Å². The molecule has 0 radical (unpaired) electrons. The molecule has 234 valence electrons. The SMILES string of the molecule is C=Cc1cc(C(=O)Nc2ccc(C(=N)NC(=O)OCC)cc2)c(-c2ccc(C(=O)NCC3CC3)nc2C(=O)OCC)cc1OC. The molecule has 3 amide bonds. The van der Waals surface area contributed by atoms with Gasteiger partial charge in [-0.2, -0.15) is 0 Å². The molecule has 0 atom stereocenters. The van der Waals surface area contributed by atoms with Gasteiger partial charge in [-0.3, -0.25) is 20.3 Å². The number of carbonyl (C=O) groups is 4. The van der Waals surface area contributed by atoms with Crippen LogP contribution >= 0.6 is 0 Å². The summed E-state index contributed by atoms with van der Waals surface area (Å²) in [5.41, 5.74) is 1.99. The van der Waals surface area contributed by atoms with E-state index in [1.807, 2.05) is 0 Å². The number of esters is 1. The molecule has 1 heterocycles. The monoisotopic (exact) mass is 613 g/mol. The van der Waals surface area contributed by atoms with Gasteiger partial charge >= 0.3 is 12.1 Å². The number of amidine groups is 1. The summed E-state index contributed by atoms with van der Waals surface area (Å²) in [6, 6.07) is 12.5. The van der Waals surface area contributed by atoms with Crippen molar-refractivity contribution in [3.8, 4) is 16.9 Å². The first-order valence-electron chi connectivity index (χ1n) is 14.4. The minimum absolute atomic E-state index is 0.0474. The number of rotatable bonds is 12. The summed E-state index contributed by atoms with van der Waals surface area (Å²) in [4.78, 5) is 55.7. The van der Waals surface area contributed by atoms with Gasteiger partial charge in [-0.05, 0) is 81.1 Å². The molecule has 4 rings (SSSR count). The summed E-state index contributed by atoms with van der Waals surface area (Å²) in [5.74, 6) is -0.997. The van der Waals surface area contributed by atoms with Crippen LogP contribution in [0.4, 0.5) is 10.5 Å². The van der Waals surface area contributed by atoms with Crippen molar-refractivity contribution >= 4 is 41.5 Å². The second kappa shape index (κ2) is 14.8. The molecule has 12 heteroatoms. The van der Waals surface area contributed by atoms with Gasteiger partial charge in [0.2, 0.25) is 0 Å². The normalized spacial score (nSPS) is 12.0. The molecule has 0 bridgehead atoms. The Labute approximate surface area is 260 Å². The number of benzene rings is 2. The lowest BCUT2D eigenvalue weighted by molar-refractivity contribution is 0.0520. The van der Waals surface area contributed by atoms with Crippen LogP contribution in [-0.4, -0.2) is 61.6 Å². The lowest BCUT2D eigenvalue weighted by Crippen LogP contribution is -2.31. The molecular weight excluding hydrogens is 578 g/mol. The van der Waals surface area contributed by atoms with Crippen molar-refractivity contribution in [1.29, 1.82) is 5.41 Å². The second-order valence-corrected chi connectivity index (χ2v) is 10.1. The second-order valence-electron chi connectivity index (χ2n) is 10.1. The molecule has 12 nitrogen and oxygen atoms in total. The van der Waals surface area contributed by atoms with Gasteiger partial charge in [0.25, 0.3) is 11.8 Å². The highest BCUT2D eigenvalue weighted by atomic mass is 16.5. The van der Waals surface area contributed by atoms with E-state index in [1.165, 1.54) is 19.3 Å². The number of alkyl carbamates (subject to hydrolysis) is 1. The van der Waals surface area contributed by atoms with Gasteiger partial charge in [0.15, 0.2) is 5.69 Å². The Hall–Kier alpha value is -5.52. The van der Waals surface area contributed by atoms with Crippen LogP contribution in [0.5, 0.6) is 5.75 Å². The first-order chi connectivity index (χ1) is 21.7. The maximum atomic E-state index is 13.7. The minimum Gasteiger partial charge on any atom is -0.496 e. The number of anilines is 1. The zero-order chi connectivity index (χ0) is 32.5. The van der Waals surface area contributed by atoms with E-state index in [0.717, 1.165) is 12.8 Å². The summed E-state index contributed by atoms with van der Waals surface area (Å²) in [6.07, 6.45) is 2.92. The molecule has 0 aliphatic heterocycles. The van der Waals surface area contributed by atoms with Gasteiger partial charge in [0.05, 0.1) is 20.3 Å². The summed E-state index contributed by atoms with van der Waals surface area (Å²) < 4.78 is 15.6. The highest BCUT2D eigenvalue weighted by Gasteiger charge is 2.26. The van der Waals surface area contributed by atoms with Crippen LogP contribution in [0.2, 0.25) is 0 Å². The Bertz CT molecular complexity index is 1630. The van der Waals surface area contributed by atoms with Crippen LogP contribution in [0.3, 0.4) is 0 Å². The summed E-state index contributed by atoms with van der Waals surface area (Å²) in [5, 5.41) is 16.1. The minimum atomic E-state index is -0.753. The number of carbonyl (C=O) groups excluding carboxylic acids is 4. The average Bonchev–Trinajstić information content (AvgIpc) is 3.88. The van der Waals surface area contributed by atoms with Crippen molar-refractivity contribution in [2.45, 2.75) is 26.7 Å². The van der Waals surface area contributed by atoms with Gasteiger partial charge in [-0.1, -0.05) is 12.7 Å². The number of methoxy groups -OCH3 is 1. The van der Waals surface area contributed by atoms with Gasteiger partial charge in [0.1, 0.15) is 17.3 Å². The highest BCUT2D eigenvalue weighted by molar-refractivity contribution is 6.11. The number of hydrogen-bond donors (Lipinski definition) is 4. The highest BCUT2D eigenvalue weighted by Crippen LogP contribution is 2.35. The smallest absolute Gasteiger partial charge is 0.412 e. The third-order valence-corrected chi connectivity index (χ3v) is 6.90. The zero-order valence-electron chi connectivity index (χ0n) is 25.3. The van der Waals surface area contributed by atoms with E-state index >= 15 is 0 Å². The van der Waals surface area contributed by atoms with Crippen LogP contribution in [0.15, 0.2) is 55.1 Å². The third-order valence-electron chi connectivity index (χ3n) is 6.90. The number of amides is 3. The molecule has 1 aromatic heterocycles. The fourth-order valence-corrected chi connectivity index (χ4v) is 4.41. The molecule has 1 saturated carbocycles. The molecule has 1 aliphatic rings. The van der Waals surface area contributed by atoms with E-state index in [-0.39, 0.29) is 41.6 Å². The van der Waals surface area contributed by atoms with Crippen LogP contribution in [0.25, 0.3) is 17.2 Å². The van der Waals surface area contributed by atoms with E-state index < -0.39 is 23.9 Å². The molecule has 1 fully saturated rings. The van der Waals surface area contributed by atoms with Crippen molar-refractivity contribution in [2.75, 3.05) is 32.2 Å². The Balaban J connectivity index is 1.70. The number of nitrogens with one attached hydrogen (secondary N) is 4. The first kappa shape index (κ1) is 32.4. The topological polar surface area (TPSA) is 169 Å². The number of pyridine rings is 1. The lowest BCUT2D eigenvalue weighted by Gasteiger charge is -2.17. The van der Waals surface area contributed by atoms with E-state index in [9.17, 15) is 19.2 Å². The lowest BCUT2D eigenvalue weighted by atomic mass is 9.94. The van der Waals surface area contributed by atoms with Gasteiger partial charge < -0.3 is 24.8 Å². The zero-order valence-corrected chi connectivity index (χ0v) is 25.3. The van der Waals surface area contributed by atoms with E-state index in [2.05, 4.69) is 27.5 Å². The van der Waals surface area contributed by atoms with Gasteiger partial charge in [-0.15, -0.1) is 0 Å². The van der Waals surface area contributed by atoms with E-state index in [1.54, 1.807) is 56.3 Å². The molecular formula is C33H35N5O7. The maximum absolute atomic E-state index is 13.7. The largest absolute Gasteiger partial charge is 0.496 e. The van der Waals surface area contributed by atoms with Crippen LogP contribution in [-0.2, 0) is 9.47 Å². The number of hydrogen-bond acceptors (Lipinski definition) is 9. The van der Waals surface area contributed by atoms with Crippen LogP contribution in [0.1, 0.15) is 69.2 Å². The molecule has 4 N–H and O–H groups in total. The first-order valence-corrected chi connectivity index (χ1v) is 14.4. The van der Waals surface area contributed by atoms with E-state index in [0.29, 0.717) is 40.6 Å². The van der Waals surface area contributed by atoms with Crippen molar-refractivity contribution in [3.05, 3.63) is 83.2 Å². The average molecular weight is 614 g/mol. The molecule has 45 heavy (non-hydrogen) atoms. The molecule has 3 aromatic rings. The number of nitrogens with zero attached hydrogens (tertiary/aromatic N) is 1. The standard InChI is InChI=1S/C33H35N5O7/c1-5-20-16-25(30(39)36-22-12-10-21(11-13-22)29(34)38-33(42)45-7-3)24(17-27(20)43-4)23-14-15-26(31(40)35-18-19-8-9-19)37-28(23)32(41)44-6-2/h5,10-17,19H,1,6-9,18H2,2-4H3,(H,35,40)(H,36,39)(H2,34,38,42). The van der Waals surface area contributed by atoms with Gasteiger partial charge in [0, 0.05) is 40.0 Å². The number of aromatic nitrogens is 1. The summed E-state index contributed by atoms with van der Waals surface area (Å²) in [7, 11) is 1.47. The van der Waals surface area contributed by atoms with Crippen LogP contribution < -0.4 is 20.7 Å². The quantitative estimate of drug-likeness (QED) is 0.125. The van der Waals surface area contributed by atoms with E-state index in [4.69, 9.17) is 19.6 Å². The third kappa shape index (κ3) is 8.11. The Morgan fingerprint density at radius 2 is 1.69 bits per heavy atom. The van der Waals surface area contributed by atoms with Crippen LogP contribution in [0, 0.1) is 11.3 Å². The fourth-order valence-electron chi connectivity index (χ4n) is 4.41. The molecule has 2 aromatic carbocycles. The Morgan fingerprint density at radius 3 is 2.31 bits per heavy atom. The molecule has 0 spiro atoms. The summed E-state index contributed by atoms with van der Waals surface area (Å²) >= 11 is 0. The predicted octanol–water partition coefficient (Wildman–Crippen LogP) is 5.04. The molecule has 0 saturated heterocycles. The Morgan fingerprint density at radius 1 is 0.978 bits per heavy atom. The predicted molar refractivity (Wildman–Crippen MR) is 169 cm³/mol. The number of ether oxygens (including phenoxy) is 3. The summed E-state index contributed by atoms with van der Waals surface area (Å²) in [6.45, 7) is 7.91. The van der Waals surface area contributed by atoms with Crippen molar-refractivity contribution in [3.63, 3.8) is 0 Å².